The number of hydrogen-bond donors (Lipinski definition) is 0. The Morgan fingerprint density at radius 3 is 2.94 bits per heavy atom. The second kappa shape index (κ2) is 6.11. The van der Waals surface area contributed by atoms with Crippen molar-refractivity contribution >= 4 is 11.8 Å². The number of rotatable bonds is 5. The van der Waals surface area contributed by atoms with Gasteiger partial charge in [0.2, 0.25) is 0 Å². The molecule has 0 radical (unpaired) electrons. The van der Waals surface area contributed by atoms with E-state index in [1.807, 2.05) is 23.5 Å². The third-order valence-electron chi connectivity index (χ3n) is 4.03. The zero-order valence-electron chi connectivity index (χ0n) is 12.0. The largest absolute Gasteiger partial charge is 0.298 e. The molecule has 0 saturated heterocycles. The van der Waals surface area contributed by atoms with Gasteiger partial charge in [-0.3, -0.25) is 9.58 Å². The summed E-state index contributed by atoms with van der Waals surface area (Å²) in [6, 6.07) is 0.741. The van der Waals surface area contributed by atoms with E-state index in [0.717, 1.165) is 24.3 Å². The summed E-state index contributed by atoms with van der Waals surface area (Å²) in [4.78, 5) is 2.53. The van der Waals surface area contributed by atoms with E-state index in [9.17, 15) is 0 Å². The molecule has 0 bridgehead atoms. The van der Waals surface area contributed by atoms with Gasteiger partial charge in [-0.15, -0.1) is 0 Å². The third-order valence-corrected chi connectivity index (χ3v) is 5.19. The van der Waals surface area contributed by atoms with Crippen LogP contribution in [-0.4, -0.2) is 39.3 Å². The molecule has 1 aromatic rings. The van der Waals surface area contributed by atoms with Gasteiger partial charge in [0, 0.05) is 36.6 Å². The van der Waals surface area contributed by atoms with Gasteiger partial charge in [-0.1, -0.05) is 13.3 Å². The summed E-state index contributed by atoms with van der Waals surface area (Å²) < 4.78 is 1.95. The molecule has 1 aliphatic rings. The van der Waals surface area contributed by atoms with E-state index in [1.54, 1.807) is 0 Å². The highest BCUT2D eigenvalue weighted by Crippen LogP contribution is 2.32. The minimum absolute atomic E-state index is 0.741. The molecule has 1 saturated carbocycles. The second-order valence-corrected chi connectivity index (χ2v) is 6.39. The third kappa shape index (κ3) is 2.91. The molecule has 0 aromatic carbocycles. The molecule has 1 fully saturated rings. The van der Waals surface area contributed by atoms with E-state index in [0.29, 0.717) is 0 Å². The lowest BCUT2D eigenvalue weighted by atomic mass is 10.1. The van der Waals surface area contributed by atoms with Crippen molar-refractivity contribution in [3.63, 3.8) is 0 Å². The summed E-state index contributed by atoms with van der Waals surface area (Å²) in [5, 5.41) is 5.35. The van der Waals surface area contributed by atoms with Crippen molar-refractivity contribution in [2.24, 2.45) is 7.05 Å². The zero-order valence-corrected chi connectivity index (χ0v) is 12.8. The van der Waals surface area contributed by atoms with Crippen LogP contribution in [0.4, 0.5) is 0 Å². The van der Waals surface area contributed by atoms with Gasteiger partial charge >= 0.3 is 0 Å². The SMILES string of the molecule is CCc1nn(C)cc1CN(C)[C@@H]1CCC[C@H]1SC. The summed E-state index contributed by atoms with van der Waals surface area (Å²) in [6.45, 7) is 3.23. The number of aryl methyl sites for hydroxylation is 2. The van der Waals surface area contributed by atoms with Gasteiger partial charge < -0.3 is 0 Å². The van der Waals surface area contributed by atoms with Gasteiger partial charge in [0.25, 0.3) is 0 Å². The van der Waals surface area contributed by atoms with Crippen LogP contribution in [0.15, 0.2) is 6.20 Å². The smallest absolute Gasteiger partial charge is 0.0666 e. The van der Waals surface area contributed by atoms with Gasteiger partial charge in [0.15, 0.2) is 0 Å². The minimum Gasteiger partial charge on any atom is -0.298 e. The molecule has 18 heavy (non-hydrogen) atoms. The first kappa shape index (κ1) is 13.9. The summed E-state index contributed by atoms with van der Waals surface area (Å²) in [5.74, 6) is 0. The van der Waals surface area contributed by atoms with Crippen molar-refractivity contribution in [2.45, 2.75) is 50.4 Å². The fourth-order valence-electron chi connectivity index (χ4n) is 3.08. The normalized spacial score (nSPS) is 24.1. The summed E-state index contributed by atoms with van der Waals surface area (Å²) in [6.07, 6.45) is 9.57. The average molecular weight is 267 g/mol. The van der Waals surface area contributed by atoms with Crippen LogP contribution in [0.5, 0.6) is 0 Å². The number of hydrogen-bond acceptors (Lipinski definition) is 3. The van der Waals surface area contributed by atoms with Crippen LogP contribution in [0, 0.1) is 0 Å². The lowest BCUT2D eigenvalue weighted by molar-refractivity contribution is 0.241. The van der Waals surface area contributed by atoms with Crippen LogP contribution in [0.1, 0.15) is 37.4 Å². The molecule has 4 heteroatoms. The predicted octanol–water partition coefficient (Wildman–Crippen LogP) is 2.70. The Morgan fingerprint density at radius 2 is 2.28 bits per heavy atom. The van der Waals surface area contributed by atoms with Crippen molar-refractivity contribution in [1.82, 2.24) is 14.7 Å². The lowest BCUT2D eigenvalue weighted by Gasteiger charge is -2.28. The number of nitrogens with zero attached hydrogens (tertiary/aromatic N) is 3. The zero-order chi connectivity index (χ0) is 13.1. The van der Waals surface area contributed by atoms with E-state index in [2.05, 4.69) is 36.4 Å². The van der Waals surface area contributed by atoms with Crippen LogP contribution < -0.4 is 0 Å². The quantitative estimate of drug-likeness (QED) is 0.818. The molecule has 0 N–H and O–H groups in total. The molecule has 0 amide bonds. The van der Waals surface area contributed by atoms with Gasteiger partial charge in [-0.2, -0.15) is 16.9 Å². The summed E-state index contributed by atoms with van der Waals surface area (Å²) in [5.41, 5.74) is 2.65. The molecule has 0 aliphatic heterocycles. The Labute approximate surface area is 115 Å². The van der Waals surface area contributed by atoms with Crippen molar-refractivity contribution in [2.75, 3.05) is 13.3 Å². The van der Waals surface area contributed by atoms with E-state index < -0.39 is 0 Å². The van der Waals surface area contributed by atoms with Crippen LogP contribution in [0.25, 0.3) is 0 Å². The Hall–Kier alpha value is -0.480. The fraction of sp³-hybridized carbons (Fsp3) is 0.786. The molecular formula is C14H25N3S. The molecule has 2 atom stereocenters. The van der Waals surface area contributed by atoms with E-state index in [4.69, 9.17) is 0 Å². The maximum absolute atomic E-state index is 4.53. The Bertz CT molecular complexity index is 388. The molecule has 1 aromatic heterocycles. The van der Waals surface area contributed by atoms with Gasteiger partial charge in [-0.05, 0) is 32.6 Å². The Morgan fingerprint density at radius 1 is 1.50 bits per heavy atom. The summed E-state index contributed by atoms with van der Waals surface area (Å²) >= 11 is 2.03. The van der Waals surface area contributed by atoms with Crippen LogP contribution in [-0.2, 0) is 20.0 Å². The number of thioether (sulfide) groups is 1. The maximum atomic E-state index is 4.53. The molecule has 1 aliphatic carbocycles. The fourth-order valence-corrected chi connectivity index (χ4v) is 4.15. The highest BCUT2D eigenvalue weighted by molar-refractivity contribution is 7.99. The molecule has 0 spiro atoms. The molecule has 2 rings (SSSR count). The molecular weight excluding hydrogens is 242 g/mol. The predicted molar refractivity (Wildman–Crippen MR) is 79.0 cm³/mol. The van der Waals surface area contributed by atoms with Gasteiger partial charge in [-0.25, -0.2) is 0 Å². The maximum Gasteiger partial charge on any atom is 0.0666 e. The van der Waals surface area contributed by atoms with E-state index in [-0.39, 0.29) is 0 Å². The van der Waals surface area contributed by atoms with Gasteiger partial charge in [0.1, 0.15) is 0 Å². The Balaban J connectivity index is 2.03. The topological polar surface area (TPSA) is 21.1 Å². The summed E-state index contributed by atoms with van der Waals surface area (Å²) in [7, 11) is 4.29. The average Bonchev–Trinajstić information content (AvgIpc) is 2.95. The van der Waals surface area contributed by atoms with Gasteiger partial charge in [0.05, 0.1) is 5.69 Å². The molecule has 1 heterocycles. The monoisotopic (exact) mass is 267 g/mol. The van der Waals surface area contributed by atoms with E-state index >= 15 is 0 Å². The second-order valence-electron chi connectivity index (χ2n) is 5.32. The van der Waals surface area contributed by atoms with Crippen molar-refractivity contribution in [1.29, 1.82) is 0 Å². The highest BCUT2D eigenvalue weighted by atomic mass is 32.2. The molecule has 0 unspecified atom stereocenters. The van der Waals surface area contributed by atoms with Crippen molar-refractivity contribution in [3.05, 3.63) is 17.5 Å². The molecule has 102 valence electrons. The van der Waals surface area contributed by atoms with Crippen LogP contribution in [0.3, 0.4) is 0 Å². The van der Waals surface area contributed by atoms with Crippen molar-refractivity contribution < 1.29 is 0 Å². The van der Waals surface area contributed by atoms with Crippen molar-refractivity contribution in [3.8, 4) is 0 Å². The standard InChI is InChI=1S/C14H25N3S/c1-5-12-11(10-17(3)15-12)9-16(2)13-7-6-8-14(13)18-4/h10,13-14H,5-9H2,1-4H3/t13-,14-/m1/s1. The first-order chi connectivity index (χ1) is 8.65. The Kier molecular flexibility index (Phi) is 4.73. The van der Waals surface area contributed by atoms with Crippen LogP contribution in [0.2, 0.25) is 0 Å². The van der Waals surface area contributed by atoms with E-state index in [1.165, 1.54) is 30.5 Å². The molecule has 3 nitrogen and oxygen atoms in total. The first-order valence-corrected chi connectivity index (χ1v) is 8.19. The lowest BCUT2D eigenvalue weighted by Crippen LogP contribution is -2.35. The number of aromatic nitrogens is 2. The highest BCUT2D eigenvalue weighted by Gasteiger charge is 2.29. The minimum atomic E-state index is 0.741. The first-order valence-electron chi connectivity index (χ1n) is 6.90. The van der Waals surface area contributed by atoms with Crippen LogP contribution >= 0.6 is 11.8 Å².